The lowest BCUT2D eigenvalue weighted by molar-refractivity contribution is 0.257. The first kappa shape index (κ1) is 10.8. The maximum Gasteiger partial charge on any atom is 0.320 e. The molecule has 0 spiro atoms. The zero-order valence-corrected chi connectivity index (χ0v) is 9.26. The molecule has 0 aliphatic heterocycles. The number of rotatable bonds is 3. The van der Waals surface area contributed by atoms with E-state index in [-0.39, 0.29) is 6.10 Å². The van der Waals surface area contributed by atoms with Crippen molar-refractivity contribution in [3.8, 4) is 0 Å². The largest absolute Gasteiger partial charge is 0.320 e. The van der Waals surface area contributed by atoms with Crippen LogP contribution in [0.2, 0.25) is 0 Å². The van der Waals surface area contributed by atoms with Crippen molar-refractivity contribution in [2.24, 2.45) is 0 Å². The molecule has 0 amide bonds. The topological polar surface area (TPSA) is 26.3 Å². The Bertz CT molecular complexity index is 311. The van der Waals surface area contributed by atoms with Crippen molar-refractivity contribution in [3.63, 3.8) is 0 Å². The predicted octanol–water partition coefficient (Wildman–Crippen LogP) is 3.17. The van der Waals surface area contributed by atoms with E-state index >= 15 is 0 Å². The molecule has 2 nitrogen and oxygen atoms in total. The van der Waals surface area contributed by atoms with Crippen molar-refractivity contribution < 1.29 is 9.09 Å². The van der Waals surface area contributed by atoms with Gasteiger partial charge in [-0.25, -0.2) is 0 Å². The Balaban J connectivity index is 2.88. The quantitative estimate of drug-likeness (QED) is 0.729. The fraction of sp³-hybridized carbons (Fsp3) is 0.333. The first-order valence-corrected chi connectivity index (χ1v) is 6.59. The number of hydrogen-bond acceptors (Lipinski definition) is 2. The molecule has 0 saturated carbocycles. The fourth-order valence-corrected chi connectivity index (χ4v) is 2.95. The maximum atomic E-state index is 11.8. The van der Waals surface area contributed by atoms with Crippen molar-refractivity contribution in [3.05, 3.63) is 30.3 Å². The van der Waals surface area contributed by atoms with E-state index in [0.29, 0.717) is 5.30 Å². The van der Waals surface area contributed by atoms with Crippen LogP contribution in [-0.4, -0.2) is 6.10 Å². The molecule has 0 N–H and O–H groups in total. The number of halogens is 1. The van der Waals surface area contributed by atoms with Crippen LogP contribution in [0.4, 0.5) is 0 Å². The van der Waals surface area contributed by atoms with E-state index in [1.54, 1.807) is 38.1 Å². The summed E-state index contributed by atoms with van der Waals surface area (Å²) in [6.45, 7) is 0.478. The molecule has 0 fully saturated rings. The minimum absolute atomic E-state index is 0.136. The van der Waals surface area contributed by atoms with Gasteiger partial charge in [0.05, 0.1) is 11.4 Å². The van der Waals surface area contributed by atoms with Crippen LogP contribution >= 0.6 is 18.0 Å². The Kier molecular flexibility index (Phi) is 3.55. The molecular weight excluding hydrogens is 207 g/mol. The van der Waals surface area contributed by atoms with Crippen LogP contribution < -0.4 is 5.30 Å². The average molecular weight is 219 g/mol. The van der Waals surface area contributed by atoms with Crippen LogP contribution in [0.3, 0.4) is 0 Å². The van der Waals surface area contributed by atoms with E-state index in [0.717, 1.165) is 0 Å². The normalized spacial score (nSPS) is 15.7. The van der Waals surface area contributed by atoms with Gasteiger partial charge in [0.2, 0.25) is 0 Å². The van der Waals surface area contributed by atoms with Crippen molar-refractivity contribution in [2.75, 3.05) is 0 Å². The maximum absolute atomic E-state index is 11.8. The van der Waals surface area contributed by atoms with Crippen molar-refractivity contribution >= 4 is 23.3 Å². The Hall–Kier alpha value is -0.300. The third-order valence-electron chi connectivity index (χ3n) is 1.41. The molecule has 4 heteroatoms. The summed E-state index contributed by atoms with van der Waals surface area (Å²) in [4.78, 5) is 0. The highest BCUT2D eigenvalue weighted by molar-refractivity contribution is 7.91. The van der Waals surface area contributed by atoms with E-state index in [4.69, 9.17) is 15.8 Å². The zero-order valence-electron chi connectivity index (χ0n) is 7.61. The fourth-order valence-electron chi connectivity index (χ4n) is 0.938. The van der Waals surface area contributed by atoms with Crippen LogP contribution in [0.15, 0.2) is 30.3 Å². The van der Waals surface area contributed by atoms with Gasteiger partial charge in [-0.2, -0.15) is 0 Å². The summed E-state index contributed by atoms with van der Waals surface area (Å²) in [5.74, 6) is 0. The van der Waals surface area contributed by atoms with Gasteiger partial charge < -0.3 is 4.52 Å². The molecule has 72 valence electrons. The Morgan fingerprint density at radius 2 is 1.85 bits per heavy atom. The van der Waals surface area contributed by atoms with Crippen molar-refractivity contribution in [2.45, 2.75) is 20.0 Å². The van der Waals surface area contributed by atoms with E-state index < -0.39 is 6.72 Å². The van der Waals surface area contributed by atoms with Gasteiger partial charge in [0.25, 0.3) is 0 Å². The molecular formula is C9H12ClO2P. The summed E-state index contributed by atoms with van der Waals surface area (Å²) in [5.41, 5.74) is 0. The standard InChI is InChI=1S/C9H12ClO2P/c1-8(2)12-13(10,11)9-6-4-3-5-7-9/h3-8H,1-2H3. The molecule has 1 unspecified atom stereocenters. The van der Waals surface area contributed by atoms with Crippen LogP contribution in [-0.2, 0) is 9.09 Å². The van der Waals surface area contributed by atoms with Crippen LogP contribution in [0.25, 0.3) is 0 Å². The van der Waals surface area contributed by atoms with E-state index in [1.807, 2.05) is 6.07 Å². The molecule has 1 rings (SSSR count). The van der Waals surface area contributed by atoms with E-state index in [9.17, 15) is 4.57 Å². The summed E-state index contributed by atoms with van der Waals surface area (Å²) in [7, 11) is 0. The highest BCUT2D eigenvalue weighted by Crippen LogP contribution is 2.51. The van der Waals surface area contributed by atoms with E-state index in [1.165, 1.54) is 0 Å². The Morgan fingerprint density at radius 3 is 2.31 bits per heavy atom. The number of hydrogen-bond donors (Lipinski definition) is 0. The molecule has 1 aromatic carbocycles. The second kappa shape index (κ2) is 4.28. The lowest BCUT2D eigenvalue weighted by Crippen LogP contribution is -2.07. The van der Waals surface area contributed by atoms with Gasteiger partial charge in [-0.15, -0.1) is 0 Å². The highest BCUT2D eigenvalue weighted by atomic mass is 35.7. The Labute approximate surface area is 83.1 Å². The third-order valence-corrected chi connectivity index (χ3v) is 3.84. The van der Waals surface area contributed by atoms with Gasteiger partial charge in [0.1, 0.15) is 0 Å². The monoisotopic (exact) mass is 218 g/mol. The molecule has 1 atom stereocenters. The van der Waals surface area contributed by atoms with Crippen LogP contribution in [0.1, 0.15) is 13.8 Å². The second-order valence-corrected chi connectivity index (χ2v) is 5.99. The molecule has 0 aliphatic carbocycles. The van der Waals surface area contributed by atoms with Crippen molar-refractivity contribution in [1.82, 2.24) is 0 Å². The van der Waals surface area contributed by atoms with Crippen LogP contribution in [0.5, 0.6) is 0 Å². The molecule has 0 heterocycles. The van der Waals surface area contributed by atoms with Gasteiger partial charge in [0, 0.05) is 0 Å². The van der Waals surface area contributed by atoms with Crippen molar-refractivity contribution in [1.29, 1.82) is 0 Å². The van der Waals surface area contributed by atoms with Crippen LogP contribution in [0, 0.1) is 0 Å². The van der Waals surface area contributed by atoms with E-state index in [2.05, 4.69) is 0 Å². The molecule has 0 aliphatic rings. The van der Waals surface area contributed by atoms with Gasteiger partial charge in [-0.3, -0.25) is 4.57 Å². The molecule has 0 radical (unpaired) electrons. The first-order chi connectivity index (χ1) is 6.02. The SMILES string of the molecule is CC(C)OP(=O)(Cl)c1ccccc1. The zero-order chi connectivity index (χ0) is 9.90. The lowest BCUT2D eigenvalue weighted by atomic mass is 10.4. The molecule has 0 bridgehead atoms. The minimum atomic E-state index is -3.13. The van der Waals surface area contributed by atoms with Gasteiger partial charge in [0.15, 0.2) is 0 Å². The predicted molar refractivity (Wildman–Crippen MR) is 55.8 cm³/mol. The molecule has 1 aromatic rings. The summed E-state index contributed by atoms with van der Waals surface area (Å²) in [5, 5.41) is 0.547. The molecule has 13 heavy (non-hydrogen) atoms. The second-order valence-electron chi connectivity index (χ2n) is 2.97. The molecule has 0 saturated heterocycles. The minimum Gasteiger partial charge on any atom is -0.312 e. The highest BCUT2D eigenvalue weighted by Gasteiger charge is 2.23. The Morgan fingerprint density at radius 1 is 1.31 bits per heavy atom. The third kappa shape index (κ3) is 3.15. The summed E-state index contributed by atoms with van der Waals surface area (Å²) in [6, 6.07) is 8.82. The summed E-state index contributed by atoms with van der Waals surface area (Å²) < 4.78 is 16.9. The molecule has 0 aromatic heterocycles. The summed E-state index contributed by atoms with van der Waals surface area (Å²) in [6.07, 6.45) is -0.136. The number of benzene rings is 1. The van der Waals surface area contributed by atoms with Gasteiger partial charge >= 0.3 is 6.72 Å². The lowest BCUT2D eigenvalue weighted by Gasteiger charge is -2.13. The summed E-state index contributed by atoms with van der Waals surface area (Å²) >= 11 is 5.79. The average Bonchev–Trinajstić information content (AvgIpc) is 2.04. The smallest absolute Gasteiger partial charge is 0.312 e. The van der Waals surface area contributed by atoms with Gasteiger partial charge in [-0.1, -0.05) is 18.2 Å². The first-order valence-electron chi connectivity index (χ1n) is 4.06. The van der Waals surface area contributed by atoms with Gasteiger partial charge in [-0.05, 0) is 37.2 Å².